The van der Waals surface area contributed by atoms with Gasteiger partial charge in [0, 0.05) is 20.1 Å². The van der Waals surface area contributed by atoms with E-state index in [0.717, 1.165) is 18.1 Å². The summed E-state index contributed by atoms with van der Waals surface area (Å²) in [6.45, 7) is 3.64. The number of nitrogens with one attached hydrogen (secondary N) is 1. The molecule has 0 atom stereocenters. The van der Waals surface area contributed by atoms with Crippen LogP contribution in [0.2, 0.25) is 0 Å². The lowest BCUT2D eigenvalue weighted by Gasteiger charge is -2.28. The average Bonchev–Trinajstić information content (AvgIpc) is 2.41. The highest BCUT2D eigenvalue weighted by molar-refractivity contribution is 5.83. The van der Waals surface area contributed by atoms with E-state index in [-0.39, 0.29) is 5.91 Å². The van der Waals surface area contributed by atoms with Gasteiger partial charge in [0.25, 0.3) is 0 Å². The molecule has 1 amide bonds. The zero-order valence-corrected chi connectivity index (χ0v) is 8.95. The van der Waals surface area contributed by atoms with Crippen LogP contribution in [0.4, 0.5) is 11.5 Å². The fourth-order valence-corrected chi connectivity index (χ4v) is 1.86. The Morgan fingerprint density at radius 1 is 1.53 bits per heavy atom. The van der Waals surface area contributed by atoms with E-state index in [1.54, 1.807) is 4.68 Å². The second-order valence-corrected chi connectivity index (χ2v) is 3.72. The van der Waals surface area contributed by atoms with Gasteiger partial charge < -0.3 is 16.0 Å². The Bertz CT molecular complexity index is 397. The van der Waals surface area contributed by atoms with Gasteiger partial charge in [-0.2, -0.15) is 5.10 Å². The molecule has 6 nitrogen and oxygen atoms in total. The Morgan fingerprint density at radius 3 is 2.80 bits per heavy atom. The first-order valence-corrected chi connectivity index (χ1v) is 4.90. The molecule has 1 saturated heterocycles. The molecule has 2 heterocycles. The van der Waals surface area contributed by atoms with E-state index < -0.39 is 0 Å². The number of piperazine rings is 1. The molecule has 15 heavy (non-hydrogen) atoms. The molecule has 2 rings (SSSR count). The first-order valence-electron chi connectivity index (χ1n) is 4.90. The molecule has 1 aliphatic rings. The van der Waals surface area contributed by atoms with E-state index in [4.69, 9.17) is 5.73 Å². The normalized spacial score (nSPS) is 16.7. The van der Waals surface area contributed by atoms with Crippen molar-refractivity contribution in [2.75, 3.05) is 30.3 Å². The zero-order valence-electron chi connectivity index (χ0n) is 8.95. The van der Waals surface area contributed by atoms with Crippen LogP contribution in [0.1, 0.15) is 5.69 Å². The highest BCUT2D eigenvalue weighted by Gasteiger charge is 2.22. The number of amides is 1. The lowest BCUT2D eigenvalue weighted by molar-refractivity contribution is -0.120. The van der Waals surface area contributed by atoms with Gasteiger partial charge in [-0.3, -0.25) is 9.48 Å². The van der Waals surface area contributed by atoms with Crippen molar-refractivity contribution in [3.8, 4) is 0 Å². The van der Waals surface area contributed by atoms with Crippen molar-refractivity contribution < 1.29 is 4.79 Å². The number of nitrogens with zero attached hydrogens (tertiary/aromatic N) is 3. The Balaban J connectivity index is 2.32. The third-order valence-corrected chi connectivity index (χ3v) is 2.58. The van der Waals surface area contributed by atoms with Crippen LogP contribution in [0, 0.1) is 6.92 Å². The van der Waals surface area contributed by atoms with Crippen molar-refractivity contribution in [2.24, 2.45) is 7.05 Å². The second-order valence-electron chi connectivity index (χ2n) is 3.72. The maximum atomic E-state index is 11.3. The molecular weight excluding hydrogens is 194 g/mol. The van der Waals surface area contributed by atoms with Gasteiger partial charge in [0.15, 0.2) is 5.82 Å². The third-order valence-electron chi connectivity index (χ3n) is 2.58. The van der Waals surface area contributed by atoms with Crippen molar-refractivity contribution in [3.05, 3.63) is 5.69 Å². The Morgan fingerprint density at radius 2 is 2.27 bits per heavy atom. The molecule has 0 radical (unpaired) electrons. The molecule has 1 aromatic rings. The predicted molar refractivity (Wildman–Crippen MR) is 57.6 cm³/mol. The van der Waals surface area contributed by atoms with Gasteiger partial charge in [0.2, 0.25) is 5.91 Å². The number of carbonyl (C=O) groups excluding carboxylic acids is 1. The summed E-state index contributed by atoms with van der Waals surface area (Å²) in [5.74, 6) is 0.863. The second kappa shape index (κ2) is 3.45. The van der Waals surface area contributed by atoms with E-state index in [9.17, 15) is 4.79 Å². The van der Waals surface area contributed by atoms with E-state index >= 15 is 0 Å². The third kappa shape index (κ3) is 1.62. The Labute approximate surface area is 88.0 Å². The minimum Gasteiger partial charge on any atom is -0.394 e. The van der Waals surface area contributed by atoms with Crippen molar-refractivity contribution in [1.82, 2.24) is 15.1 Å². The molecule has 0 saturated carbocycles. The molecule has 0 aliphatic carbocycles. The zero-order chi connectivity index (χ0) is 11.0. The minimum absolute atomic E-state index is 0.0273. The van der Waals surface area contributed by atoms with Gasteiger partial charge in [0.1, 0.15) is 0 Å². The molecule has 0 unspecified atom stereocenters. The number of aromatic nitrogens is 2. The van der Waals surface area contributed by atoms with Crippen molar-refractivity contribution in [1.29, 1.82) is 0 Å². The van der Waals surface area contributed by atoms with E-state index in [2.05, 4.69) is 10.4 Å². The summed E-state index contributed by atoms with van der Waals surface area (Å²) in [7, 11) is 1.84. The average molecular weight is 209 g/mol. The van der Waals surface area contributed by atoms with Gasteiger partial charge in [-0.1, -0.05) is 0 Å². The van der Waals surface area contributed by atoms with Gasteiger partial charge in [-0.05, 0) is 6.92 Å². The molecule has 1 aromatic heterocycles. The monoisotopic (exact) mass is 209 g/mol. The Kier molecular flexibility index (Phi) is 2.26. The number of nitrogens with two attached hydrogens (primary N) is 1. The van der Waals surface area contributed by atoms with Crippen LogP contribution in [-0.2, 0) is 11.8 Å². The summed E-state index contributed by atoms with van der Waals surface area (Å²) in [6.07, 6.45) is 0. The first kappa shape index (κ1) is 9.82. The fourth-order valence-electron chi connectivity index (χ4n) is 1.86. The minimum atomic E-state index is 0.0273. The maximum absolute atomic E-state index is 11.3. The van der Waals surface area contributed by atoms with Gasteiger partial charge in [-0.25, -0.2) is 0 Å². The van der Waals surface area contributed by atoms with Gasteiger partial charge >= 0.3 is 0 Å². The SMILES string of the molecule is Cc1nn(C)c(N2CCNC(=O)C2)c1N. The van der Waals surface area contributed by atoms with Crippen LogP contribution in [0.25, 0.3) is 0 Å². The predicted octanol–water partition coefficient (Wildman–Crippen LogP) is -0.753. The summed E-state index contributed by atoms with van der Waals surface area (Å²) < 4.78 is 1.73. The highest BCUT2D eigenvalue weighted by Crippen LogP contribution is 2.25. The quantitative estimate of drug-likeness (QED) is 0.638. The van der Waals surface area contributed by atoms with E-state index in [0.29, 0.717) is 18.8 Å². The molecular formula is C9H15N5O. The molecule has 0 spiro atoms. The number of anilines is 2. The number of nitrogen functional groups attached to an aromatic ring is 1. The van der Waals surface area contributed by atoms with Crippen LogP contribution in [0.3, 0.4) is 0 Å². The van der Waals surface area contributed by atoms with Crippen LogP contribution < -0.4 is 16.0 Å². The highest BCUT2D eigenvalue weighted by atomic mass is 16.2. The van der Waals surface area contributed by atoms with Crippen LogP contribution >= 0.6 is 0 Å². The van der Waals surface area contributed by atoms with Crippen molar-refractivity contribution in [2.45, 2.75) is 6.92 Å². The van der Waals surface area contributed by atoms with E-state index in [1.807, 2.05) is 18.9 Å². The topological polar surface area (TPSA) is 76.2 Å². The number of hydrogen-bond acceptors (Lipinski definition) is 4. The first-order chi connectivity index (χ1) is 7.09. The number of rotatable bonds is 1. The molecule has 1 aliphatic heterocycles. The lowest BCUT2D eigenvalue weighted by atomic mass is 10.3. The Hall–Kier alpha value is -1.72. The largest absolute Gasteiger partial charge is 0.394 e. The summed E-state index contributed by atoms with van der Waals surface area (Å²) in [4.78, 5) is 13.2. The smallest absolute Gasteiger partial charge is 0.239 e. The lowest BCUT2D eigenvalue weighted by Crippen LogP contribution is -2.48. The maximum Gasteiger partial charge on any atom is 0.239 e. The van der Waals surface area contributed by atoms with Gasteiger partial charge in [-0.15, -0.1) is 0 Å². The summed E-state index contributed by atoms with van der Waals surface area (Å²) >= 11 is 0. The molecule has 6 heteroatoms. The van der Waals surface area contributed by atoms with Crippen LogP contribution in [-0.4, -0.2) is 35.3 Å². The molecule has 3 N–H and O–H groups in total. The molecule has 0 aromatic carbocycles. The summed E-state index contributed by atoms with van der Waals surface area (Å²) in [5.41, 5.74) is 7.39. The fraction of sp³-hybridized carbons (Fsp3) is 0.556. The molecule has 1 fully saturated rings. The number of carbonyl (C=O) groups is 1. The standard InChI is InChI=1S/C9H15N5O/c1-6-8(10)9(13(2)12-6)14-4-3-11-7(15)5-14/h3-5,10H2,1-2H3,(H,11,15). The van der Waals surface area contributed by atoms with Crippen LogP contribution in [0.5, 0.6) is 0 Å². The summed E-state index contributed by atoms with van der Waals surface area (Å²) in [6, 6.07) is 0. The van der Waals surface area contributed by atoms with Crippen molar-refractivity contribution >= 4 is 17.4 Å². The molecule has 82 valence electrons. The van der Waals surface area contributed by atoms with E-state index in [1.165, 1.54) is 0 Å². The summed E-state index contributed by atoms with van der Waals surface area (Å²) in [5, 5.41) is 7.01. The number of hydrogen-bond donors (Lipinski definition) is 2. The number of aryl methyl sites for hydroxylation is 2. The van der Waals surface area contributed by atoms with Crippen LogP contribution in [0.15, 0.2) is 0 Å². The molecule has 0 bridgehead atoms. The van der Waals surface area contributed by atoms with Crippen molar-refractivity contribution in [3.63, 3.8) is 0 Å². The van der Waals surface area contributed by atoms with Gasteiger partial charge in [0.05, 0.1) is 17.9 Å².